The predicted octanol–water partition coefficient (Wildman–Crippen LogP) is 3.87. The van der Waals surface area contributed by atoms with Crippen molar-refractivity contribution in [1.29, 1.82) is 0 Å². The van der Waals surface area contributed by atoms with Gasteiger partial charge in [-0.15, -0.1) is 12.4 Å². The van der Waals surface area contributed by atoms with Crippen molar-refractivity contribution >= 4 is 18.1 Å². The third-order valence-corrected chi connectivity index (χ3v) is 2.54. The minimum Gasteiger partial charge on any atom is -0.372 e. The predicted molar refractivity (Wildman–Crippen MR) is 76.1 cm³/mol. The van der Waals surface area contributed by atoms with Gasteiger partial charge in [0.1, 0.15) is 0 Å². The van der Waals surface area contributed by atoms with E-state index in [9.17, 15) is 4.91 Å². The van der Waals surface area contributed by atoms with Crippen LogP contribution in [0, 0.1) is 4.91 Å². The first-order chi connectivity index (χ1) is 7.88. The lowest BCUT2D eigenvalue weighted by Crippen LogP contribution is -2.25. The van der Waals surface area contributed by atoms with E-state index >= 15 is 0 Å². The van der Waals surface area contributed by atoms with Crippen molar-refractivity contribution in [2.45, 2.75) is 26.2 Å². The lowest BCUT2D eigenvalue weighted by atomic mass is 10.2. The summed E-state index contributed by atoms with van der Waals surface area (Å²) in [4.78, 5) is 12.3. The number of nitrogens with zero attached hydrogens (tertiary/aromatic N) is 2. The molecule has 0 fully saturated rings. The van der Waals surface area contributed by atoms with Crippen molar-refractivity contribution in [2.75, 3.05) is 24.5 Å². The molecule has 0 bridgehead atoms. The Labute approximate surface area is 110 Å². The molecular weight excluding hydrogens is 236 g/mol. The molecule has 0 aromatic heterocycles. The normalized spacial score (nSPS) is 9.47. The van der Waals surface area contributed by atoms with Gasteiger partial charge in [0, 0.05) is 18.8 Å². The molecule has 17 heavy (non-hydrogen) atoms. The highest BCUT2D eigenvalue weighted by Gasteiger charge is 2.03. The van der Waals surface area contributed by atoms with Crippen LogP contribution < -0.4 is 4.90 Å². The van der Waals surface area contributed by atoms with Gasteiger partial charge in [0.25, 0.3) is 0 Å². The Morgan fingerprint density at radius 1 is 1.12 bits per heavy atom. The highest BCUT2D eigenvalue weighted by Crippen LogP contribution is 2.14. The smallest absolute Gasteiger partial charge is 0.0811 e. The van der Waals surface area contributed by atoms with Gasteiger partial charge >= 0.3 is 0 Å². The summed E-state index contributed by atoms with van der Waals surface area (Å²) in [7, 11) is 0. The minimum absolute atomic E-state index is 0. The number of para-hydroxylation sites is 1. The molecule has 1 rings (SSSR count). The summed E-state index contributed by atoms with van der Waals surface area (Å²) in [5.41, 5.74) is 1.27. The first-order valence-corrected chi connectivity index (χ1v) is 5.97. The molecule has 4 heteroatoms. The largest absolute Gasteiger partial charge is 0.372 e. The molecule has 0 amide bonds. The minimum atomic E-state index is 0. The van der Waals surface area contributed by atoms with Crippen LogP contribution in [0.1, 0.15) is 26.2 Å². The summed E-state index contributed by atoms with van der Waals surface area (Å²) in [5.74, 6) is 0. The van der Waals surface area contributed by atoms with Gasteiger partial charge in [-0.3, -0.25) is 0 Å². The van der Waals surface area contributed by atoms with E-state index in [2.05, 4.69) is 41.3 Å². The SMILES string of the molecule is CCCN(CCCCN=O)c1ccccc1.Cl. The molecule has 0 aliphatic carbocycles. The second-order valence-electron chi connectivity index (χ2n) is 3.88. The van der Waals surface area contributed by atoms with Crippen LogP contribution in [0.5, 0.6) is 0 Å². The van der Waals surface area contributed by atoms with Gasteiger partial charge in [-0.25, -0.2) is 0 Å². The molecular formula is C13H21ClN2O. The molecule has 0 aliphatic rings. The third-order valence-electron chi connectivity index (χ3n) is 2.54. The molecule has 0 aliphatic heterocycles. The molecule has 0 unspecified atom stereocenters. The maximum absolute atomic E-state index is 9.98. The molecule has 0 N–H and O–H groups in total. The summed E-state index contributed by atoms with van der Waals surface area (Å²) in [6.07, 6.45) is 3.05. The van der Waals surface area contributed by atoms with E-state index in [0.717, 1.165) is 32.4 Å². The van der Waals surface area contributed by atoms with Gasteiger partial charge in [0.15, 0.2) is 0 Å². The molecule has 0 atom stereocenters. The number of benzene rings is 1. The summed E-state index contributed by atoms with van der Waals surface area (Å²) < 4.78 is 0. The molecule has 0 heterocycles. The third kappa shape index (κ3) is 6.27. The van der Waals surface area contributed by atoms with Crippen molar-refractivity contribution in [3.63, 3.8) is 0 Å². The monoisotopic (exact) mass is 256 g/mol. The Kier molecular flexibility index (Phi) is 9.44. The van der Waals surface area contributed by atoms with Crippen molar-refractivity contribution in [2.24, 2.45) is 5.18 Å². The topological polar surface area (TPSA) is 32.7 Å². The van der Waals surface area contributed by atoms with Crippen LogP contribution >= 0.6 is 12.4 Å². The van der Waals surface area contributed by atoms with Crippen molar-refractivity contribution < 1.29 is 0 Å². The van der Waals surface area contributed by atoms with Crippen LogP contribution in [0.4, 0.5) is 5.69 Å². The van der Waals surface area contributed by atoms with Crippen molar-refractivity contribution in [3.05, 3.63) is 35.2 Å². The number of hydrogen-bond donors (Lipinski definition) is 0. The van der Waals surface area contributed by atoms with Crippen LogP contribution in [0.25, 0.3) is 0 Å². The summed E-state index contributed by atoms with van der Waals surface area (Å²) in [6, 6.07) is 10.4. The molecule has 0 saturated heterocycles. The van der Waals surface area contributed by atoms with Gasteiger partial charge in [-0.2, -0.15) is 4.91 Å². The average Bonchev–Trinajstić information content (AvgIpc) is 2.34. The Balaban J connectivity index is 0.00000256. The van der Waals surface area contributed by atoms with Crippen LogP contribution in [0.15, 0.2) is 35.5 Å². The van der Waals surface area contributed by atoms with Gasteiger partial charge in [0.05, 0.1) is 6.54 Å². The van der Waals surface area contributed by atoms with E-state index in [1.54, 1.807) is 0 Å². The molecule has 96 valence electrons. The van der Waals surface area contributed by atoms with Gasteiger partial charge < -0.3 is 4.90 Å². The van der Waals surface area contributed by atoms with Crippen LogP contribution in [-0.4, -0.2) is 19.6 Å². The van der Waals surface area contributed by atoms with Gasteiger partial charge in [0.2, 0.25) is 0 Å². The fourth-order valence-corrected chi connectivity index (χ4v) is 1.76. The maximum Gasteiger partial charge on any atom is 0.0811 e. The number of anilines is 1. The van der Waals surface area contributed by atoms with Crippen LogP contribution in [0.3, 0.4) is 0 Å². The van der Waals surface area contributed by atoms with Crippen LogP contribution in [0.2, 0.25) is 0 Å². The molecule has 3 nitrogen and oxygen atoms in total. The Morgan fingerprint density at radius 2 is 1.82 bits per heavy atom. The van der Waals surface area contributed by atoms with E-state index in [1.165, 1.54) is 5.69 Å². The number of rotatable bonds is 8. The number of halogens is 1. The average molecular weight is 257 g/mol. The lowest BCUT2D eigenvalue weighted by Gasteiger charge is -2.24. The van der Waals surface area contributed by atoms with E-state index in [-0.39, 0.29) is 12.4 Å². The number of nitroso groups, excluding NO2 is 1. The highest BCUT2D eigenvalue weighted by atomic mass is 35.5. The van der Waals surface area contributed by atoms with Crippen LogP contribution in [-0.2, 0) is 0 Å². The number of hydrogen-bond acceptors (Lipinski definition) is 3. The van der Waals surface area contributed by atoms with Crippen molar-refractivity contribution in [1.82, 2.24) is 0 Å². The first kappa shape index (κ1) is 15.9. The Morgan fingerprint density at radius 3 is 2.41 bits per heavy atom. The first-order valence-electron chi connectivity index (χ1n) is 5.97. The number of unbranched alkanes of at least 4 members (excludes halogenated alkanes) is 1. The lowest BCUT2D eigenvalue weighted by molar-refractivity contribution is 0.683. The summed E-state index contributed by atoms with van der Waals surface area (Å²) in [5, 5.41) is 2.88. The fourth-order valence-electron chi connectivity index (χ4n) is 1.76. The molecule has 1 aromatic carbocycles. The molecule has 0 spiro atoms. The van der Waals surface area contributed by atoms with E-state index in [0.29, 0.717) is 6.54 Å². The van der Waals surface area contributed by atoms with E-state index in [4.69, 9.17) is 0 Å². The zero-order valence-electron chi connectivity index (χ0n) is 10.3. The Bertz CT molecular complexity index is 293. The second-order valence-corrected chi connectivity index (χ2v) is 3.88. The molecule has 0 saturated carbocycles. The quantitative estimate of drug-likeness (QED) is 0.522. The van der Waals surface area contributed by atoms with E-state index in [1.807, 2.05) is 6.07 Å². The molecule has 0 radical (unpaired) electrons. The zero-order valence-corrected chi connectivity index (χ0v) is 11.2. The maximum atomic E-state index is 9.98. The summed E-state index contributed by atoms with van der Waals surface area (Å²) in [6.45, 7) is 4.70. The molecule has 1 aromatic rings. The van der Waals surface area contributed by atoms with Crippen molar-refractivity contribution in [3.8, 4) is 0 Å². The standard InChI is InChI=1S/C13H20N2O.ClH/c1-2-11-15(12-7-6-10-14-16)13-8-4-3-5-9-13;/h3-5,8-9H,2,6-7,10-12H2,1H3;1H. The van der Waals surface area contributed by atoms with Gasteiger partial charge in [-0.05, 0) is 31.4 Å². The summed E-state index contributed by atoms with van der Waals surface area (Å²) >= 11 is 0. The zero-order chi connectivity index (χ0) is 11.6. The Hall–Kier alpha value is -1.09. The van der Waals surface area contributed by atoms with E-state index < -0.39 is 0 Å². The van der Waals surface area contributed by atoms with Gasteiger partial charge in [-0.1, -0.05) is 30.3 Å². The second kappa shape index (κ2) is 10.1. The highest BCUT2D eigenvalue weighted by molar-refractivity contribution is 5.85. The fraction of sp³-hybridized carbons (Fsp3) is 0.538.